The quantitative estimate of drug-likeness (QED) is 0.516. The third-order valence-electron chi connectivity index (χ3n) is 0.432. The highest BCUT2D eigenvalue weighted by atomic mass is 127. The molecule has 6 heavy (non-hydrogen) atoms. The van der Waals surface area contributed by atoms with Crippen molar-refractivity contribution in [3.63, 3.8) is 0 Å². The van der Waals surface area contributed by atoms with Crippen molar-refractivity contribution in [3.05, 3.63) is 10.2 Å². The summed E-state index contributed by atoms with van der Waals surface area (Å²) in [6.45, 7) is 5.85. The Balaban J connectivity index is 3.26. The van der Waals surface area contributed by atoms with E-state index >= 15 is 0 Å². The van der Waals surface area contributed by atoms with Crippen molar-refractivity contribution >= 4 is 45.2 Å². The SMILES string of the molecule is C=C(I)[C@@H](C)I. The van der Waals surface area contributed by atoms with E-state index in [0.29, 0.717) is 3.92 Å². The first-order chi connectivity index (χ1) is 2.64. The van der Waals surface area contributed by atoms with Crippen LogP contribution >= 0.6 is 45.2 Å². The molecule has 0 unspecified atom stereocenters. The van der Waals surface area contributed by atoms with Gasteiger partial charge < -0.3 is 0 Å². The van der Waals surface area contributed by atoms with Crippen molar-refractivity contribution in [3.8, 4) is 0 Å². The number of alkyl halides is 1. The fourth-order valence-corrected chi connectivity index (χ4v) is 0. The molecular formula is C4H6I2. The predicted molar refractivity (Wildman–Crippen MR) is 46.6 cm³/mol. The minimum atomic E-state index is 0.614. The summed E-state index contributed by atoms with van der Waals surface area (Å²) in [5, 5.41) is 0. The molecule has 0 amide bonds. The van der Waals surface area contributed by atoms with Gasteiger partial charge in [0.25, 0.3) is 0 Å². The summed E-state index contributed by atoms with van der Waals surface area (Å²) in [6.07, 6.45) is 0. The molecule has 0 saturated carbocycles. The van der Waals surface area contributed by atoms with Crippen LogP contribution in [0, 0.1) is 0 Å². The molecule has 36 valence electrons. The van der Waals surface area contributed by atoms with Crippen LogP contribution in [0.1, 0.15) is 6.92 Å². The summed E-state index contributed by atoms with van der Waals surface area (Å²) < 4.78 is 1.83. The second kappa shape index (κ2) is 3.23. The van der Waals surface area contributed by atoms with Gasteiger partial charge in [-0.25, -0.2) is 0 Å². The molecule has 0 N–H and O–H groups in total. The van der Waals surface area contributed by atoms with Crippen molar-refractivity contribution < 1.29 is 0 Å². The lowest BCUT2D eigenvalue weighted by Gasteiger charge is -1.93. The van der Waals surface area contributed by atoms with Crippen LogP contribution in [0.15, 0.2) is 10.2 Å². The highest BCUT2D eigenvalue weighted by Gasteiger charge is 1.92. The van der Waals surface area contributed by atoms with E-state index in [1.165, 1.54) is 3.58 Å². The molecule has 0 aliphatic heterocycles. The fourth-order valence-electron chi connectivity index (χ4n) is 0. The van der Waals surface area contributed by atoms with Gasteiger partial charge in [-0.05, 0) is 33.1 Å². The van der Waals surface area contributed by atoms with E-state index in [4.69, 9.17) is 0 Å². The zero-order chi connectivity index (χ0) is 5.15. The van der Waals surface area contributed by atoms with Crippen LogP contribution < -0.4 is 0 Å². The first-order valence-electron chi connectivity index (χ1n) is 1.63. The molecule has 1 atom stereocenters. The summed E-state index contributed by atoms with van der Waals surface area (Å²) in [5.74, 6) is 0. The molecule has 0 saturated heterocycles. The molecule has 0 aromatic rings. The molecule has 0 spiro atoms. The summed E-state index contributed by atoms with van der Waals surface area (Å²) in [6, 6.07) is 0. The Kier molecular flexibility index (Phi) is 3.88. The summed E-state index contributed by atoms with van der Waals surface area (Å²) >= 11 is 4.56. The van der Waals surface area contributed by atoms with E-state index in [-0.39, 0.29) is 0 Å². The maximum absolute atomic E-state index is 3.73. The highest BCUT2D eigenvalue weighted by molar-refractivity contribution is 14.1. The second-order valence-corrected chi connectivity index (χ2v) is 4.32. The maximum atomic E-state index is 3.73. The zero-order valence-corrected chi connectivity index (χ0v) is 7.86. The number of rotatable bonds is 1. The molecule has 0 aliphatic carbocycles. The van der Waals surface area contributed by atoms with Crippen LogP contribution in [0.25, 0.3) is 0 Å². The maximum Gasteiger partial charge on any atom is 0.0383 e. The Morgan fingerprint density at radius 1 is 1.83 bits per heavy atom. The number of allylic oxidation sites excluding steroid dienone is 1. The van der Waals surface area contributed by atoms with Gasteiger partial charge in [-0.2, -0.15) is 0 Å². The Morgan fingerprint density at radius 2 is 2.00 bits per heavy atom. The van der Waals surface area contributed by atoms with Crippen molar-refractivity contribution in [2.24, 2.45) is 0 Å². The third-order valence-corrected chi connectivity index (χ3v) is 3.31. The molecular weight excluding hydrogens is 302 g/mol. The monoisotopic (exact) mass is 308 g/mol. The smallest absolute Gasteiger partial charge is 0.0383 e. The Hall–Kier alpha value is 1.20. The van der Waals surface area contributed by atoms with Crippen LogP contribution in [0.3, 0.4) is 0 Å². The van der Waals surface area contributed by atoms with Gasteiger partial charge in [0.1, 0.15) is 0 Å². The highest BCUT2D eigenvalue weighted by Crippen LogP contribution is 2.15. The lowest BCUT2D eigenvalue weighted by atomic mass is 10.5. The lowest BCUT2D eigenvalue weighted by Crippen LogP contribution is -1.82. The van der Waals surface area contributed by atoms with E-state index in [1.807, 2.05) is 0 Å². The van der Waals surface area contributed by atoms with Gasteiger partial charge in [-0.15, -0.1) is 0 Å². The van der Waals surface area contributed by atoms with Crippen molar-refractivity contribution in [1.29, 1.82) is 0 Å². The molecule has 0 heterocycles. The lowest BCUT2D eigenvalue weighted by molar-refractivity contribution is 1.30. The predicted octanol–water partition coefficient (Wildman–Crippen LogP) is 2.76. The van der Waals surface area contributed by atoms with Crippen LogP contribution in [0.2, 0.25) is 0 Å². The van der Waals surface area contributed by atoms with Gasteiger partial charge in [-0.1, -0.05) is 29.2 Å². The van der Waals surface area contributed by atoms with Crippen LogP contribution in [-0.4, -0.2) is 3.92 Å². The van der Waals surface area contributed by atoms with Crippen molar-refractivity contribution in [1.82, 2.24) is 0 Å². The summed E-state index contributed by atoms with van der Waals surface area (Å²) in [7, 11) is 0. The molecule has 0 nitrogen and oxygen atoms in total. The average Bonchev–Trinajstić information content (AvgIpc) is 1.36. The van der Waals surface area contributed by atoms with Crippen molar-refractivity contribution in [2.45, 2.75) is 10.8 Å². The molecule has 0 aromatic carbocycles. The van der Waals surface area contributed by atoms with Gasteiger partial charge in [0.15, 0.2) is 0 Å². The van der Waals surface area contributed by atoms with E-state index in [2.05, 4.69) is 58.7 Å². The number of hydrogen-bond acceptors (Lipinski definition) is 0. The zero-order valence-electron chi connectivity index (χ0n) is 3.54. The molecule has 0 bridgehead atoms. The molecule has 0 aromatic heterocycles. The molecule has 0 aliphatic rings. The Morgan fingerprint density at radius 3 is 2.00 bits per heavy atom. The molecule has 2 heteroatoms. The molecule has 0 fully saturated rings. The van der Waals surface area contributed by atoms with E-state index in [0.717, 1.165) is 0 Å². The van der Waals surface area contributed by atoms with Gasteiger partial charge >= 0.3 is 0 Å². The van der Waals surface area contributed by atoms with Gasteiger partial charge in [0.2, 0.25) is 0 Å². The standard InChI is InChI=1S/C4H6I2/c1-3(5)4(2)6/h4H,1H2,2H3/t4-/m1/s1. The second-order valence-electron chi connectivity index (χ2n) is 1.06. The summed E-state index contributed by atoms with van der Waals surface area (Å²) in [4.78, 5) is 0. The van der Waals surface area contributed by atoms with Crippen LogP contribution in [0.5, 0.6) is 0 Å². The number of halogens is 2. The molecule has 0 radical (unpaired) electrons. The Bertz CT molecular complexity index is 56.6. The van der Waals surface area contributed by atoms with Gasteiger partial charge in [0.05, 0.1) is 0 Å². The first kappa shape index (κ1) is 7.20. The van der Waals surface area contributed by atoms with Gasteiger partial charge in [0, 0.05) is 3.92 Å². The number of hydrogen-bond donors (Lipinski definition) is 0. The minimum absolute atomic E-state index is 0.614. The average molecular weight is 308 g/mol. The first-order valence-corrected chi connectivity index (χ1v) is 3.95. The van der Waals surface area contributed by atoms with E-state index in [1.54, 1.807) is 0 Å². The summed E-state index contributed by atoms with van der Waals surface area (Å²) in [5.41, 5.74) is 0. The normalized spacial score (nSPS) is 13.8. The van der Waals surface area contributed by atoms with Gasteiger partial charge in [-0.3, -0.25) is 0 Å². The van der Waals surface area contributed by atoms with Crippen LogP contribution in [-0.2, 0) is 0 Å². The van der Waals surface area contributed by atoms with E-state index < -0.39 is 0 Å². The topological polar surface area (TPSA) is 0 Å². The largest absolute Gasteiger partial charge is 0.0887 e. The van der Waals surface area contributed by atoms with Crippen LogP contribution in [0.4, 0.5) is 0 Å². The van der Waals surface area contributed by atoms with E-state index in [9.17, 15) is 0 Å². The third kappa shape index (κ3) is 3.39. The molecule has 0 rings (SSSR count). The van der Waals surface area contributed by atoms with Crippen molar-refractivity contribution in [2.75, 3.05) is 0 Å². The Labute approximate surface area is 65.7 Å². The minimum Gasteiger partial charge on any atom is -0.0887 e. The fraction of sp³-hybridized carbons (Fsp3) is 0.500.